The maximum absolute atomic E-state index is 5.90. The molecule has 0 aliphatic heterocycles. The Kier molecular flexibility index (Phi) is 5.94. The molecule has 1 aliphatic carbocycles. The van der Waals surface area contributed by atoms with Crippen LogP contribution < -0.4 is 5.73 Å². The predicted octanol–water partition coefficient (Wildman–Crippen LogP) is 3.26. The Bertz CT molecular complexity index is 207. The Balaban J connectivity index is 2.32. The molecule has 1 fully saturated rings. The second-order valence-electron chi connectivity index (χ2n) is 6.99. The normalized spacial score (nSPS) is 26.5. The van der Waals surface area contributed by atoms with Crippen molar-refractivity contribution in [3.05, 3.63) is 0 Å². The number of rotatable bonds is 5. The maximum atomic E-state index is 5.90. The highest BCUT2D eigenvalue weighted by Crippen LogP contribution is 2.28. The highest BCUT2D eigenvalue weighted by atomic mass is 15.1. The Morgan fingerprint density at radius 3 is 2.41 bits per heavy atom. The molecule has 0 saturated heterocycles. The van der Waals surface area contributed by atoms with E-state index in [-0.39, 0.29) is 0 Å². The van der Waals surface area contributed by atoms with E-state index in [2.05, 4.69) is 32.7 Å². The summed E-state index contributed by atoms with van der Waals surface area (Å²) in [5, 5.41) is 0. The molecule has 0 aromatic carbocycles. The van der Waals surface area contributed by atoms with Gasteiger partial charge in [-0.2, -0.15) is 0 Å². The topological polar surface area (TPSA) is 29.3 Å². The molecule has 0 aromatic heterocycles. The summed E-state index contributed by atoms with van der Waals surface area (Å²) < 4.78 is 0. The van der Waals surface area contributed by atoms with E-state index >= 15 is 0 Å². The minimum atomic E-state index is 0.473. The predicted molar refractivity (Wildman–Crippen MR) is 76.1 cm³/mol. The van der Waals surface area contributed by atoms with Gasteiger partial charge in [0.15, 0.2) is 0 Å². The van der Waals surface area contributed by atoms with Crippen molar-refractivity contribution in [2.45, 2.75) is 65.3 Å². The van der Waals surface area contributed by atoms with E-state index in [1.54, 1.807) is 0 Å². The van der Waals surface area contributed by atoms with E-state index in [1.165, 1.54) is 45.1 Å². The lowest BCUT2D eigenvalue weighted by Crippen LogP contribution is -2.43. The second-order valence-corrected chi connectivity index (χ2v) is 6.99. The largest absolute Gasteiger partial charge is 0.330 e. The average molecular weight is 240 g/mol. The molecule has 0 bridgehead atoms. The van der Waals surface area contributed by atoms with E-state index in [9.17, 15) is 0 Å². The summed E-state index contributed by atoms with van der Waals surface area (Å²) in [6, 6.07) is 0.744. The van der Waals surface area contributed by atoms with Crippen molar-refractivity contribution in [2.24, 2.45) is 17.1 Å². The summed E-state index contributed by atoms with van der Waals surface area (Å²) >= 11 is 0. The van der Waals surface area contributed by atoms with E-state index in [0.717, 1.165) is 18.5 Å². The van der Waals surface area contributed by atoms with Crippen molar-refractivity contribution >= 4 is 0 Å². The van der Waals surface area contributed by atoms with Gasteiger partial charge in [0.25, 0.3) is 0 Å². The first kappa shape index (κ1) is 15.0. The quantitative estimate of drug-likeness (QED) is 0.799. The van der Waals surface area contributed by atoms with Crippen molar-refractivity contribution in [1.82, 2.24) is 4.90 Å². The minimum Gasteiger partial charge on any atom is -0.330 e. The van der Waals surface area contributed by atoms with Gasteiger partial charge in [0.2, 0.25) is 0 Å². The molecule has 2 atom stereocenters. The highest BCUT2D eigenvalue weighted by Gasteiger charge is 2.27. The van der Waals surface area contributed by atoms with Gasteiger partial charge in [-0.05, 0) is 57.2 Å². The van der Waals surface area contributed by atoms with Gasteiger partial charge in [0.1, 0.15) is 0 Å². The van der Waals surface area contributed by atoms with Crippen LogP contribution in [0.5, 0.6) is 0 Å². The third-order valence-electron chi connectivity index (χ3n) is 4.18. The zero-order chi connectivity index (χ0) is 12.9. The van der Waals surface area contributed by atoms with Crippen LogP contribution in [0, 0.1) is 11.3 Å². The lowest BCUT2D eigenvalue weighted by molar-refractivity contribution is 0.128. The summed E-state index contributed by atoms with van der Waals surface area (Å²) in [4.78, 5) is 2.57. The molecule has 2 N–H and O–H groups in total. The number of nitrogens with zero attached hydrogens (tertiary/aromatic N) is 1. The standard InChI is InChI=1S/C15H32N2/c1-15(2,3)10-7-11-17(4)14-9-6-5-8-13(14)12-16/h13-14H,5-12,16H2,1-4H3. The molecule has 0 aromatic rings. The van der Waals surface area contributed by atoms with Crippen LogP contribution in [0.15, 0.2) is 0 Å². The van der Waals surface area contributed by atoms with Crippen LogP contribution in [-0.4, -0.2) is 31.1 Å². The molecule has 0 spiro atoms. The number of hydrogen-bond donors (Lipinski definition) is 1. The molecule has 2 unspecified atom stereocenters. The Morgan fingerprint density at radius 2 is 1.82 bits per heavy atom. The first-order chi connectivity index (χ1) is 7.94. The van der Waals surface area contributed by atoms with Gasteiger partial charge >= 0.3 is 0 Å². The average Bonchev–Trinajstić information content (AvgIpc) is 2.27. The summed E-state index contributed by atoms with van der Waals surface area (Å²) in [7, 11) is 2.29. The van der Waals surface area contributed by atoms with Gasteiger partial charge in [-0.15, -0.1) is 0 Å². The van der Waals surface area contributed by atoms with E-state index < -0.39 is 0 Å². The summed E-state index contributed by atoms with van der Waals surface area (Å²) in [6.07, 6.45) is 8.10. The maximum Gasteiger partial charge on any atom is 0.0132 e. The van der Waals surface area contributed by atoms with Gasteiger partial charge in [-0.3, -0.25) is 0 Å². The molecular formula is C15H32N2. The molecule has 0 heterocycles. The number of hydrogen-bond acceptors (Lipinski definition) is 2. The molecule has 2 nitrogen and oxygen atoms in total. The fourth-order valence-electron chi connectivity index (χ4n) is 3.07. The van der Waals surface area contributed by atoms with Crippen LogP contribution in [0.4, 0.5) is 0 Å². The van der Waals surface area contributed by atoms with E-state index in [4.69, 9.17) is 5.73 Å². The van der Waals surface area contributed by atoms with Crippen molar-refractivity contribution in [1.29, 1.82) is 0 Å². The molecule has 2 heteroatoms. The lowest BCUT2D eigenvalue weighted by atomic mass is 9.83. The van der Waals surface area contributed by atoms with E-state index in [1.807, 2.05) is 0 Å². The van der Waals surface area contributed by atoms with E-state index in [0.29, 0.717) is 5.41 Å². The summed E-state index contributed by atoms with van der Waals surface area (Å²) in [5.74, 6) is 0.739. The third kappa shape index (κ3) is 5.39. The Hall–Kier alpha value is -0.0800. The SMILES string of the molecule is CN(CCCC(C)(C)C)C1CCCCC1CN. The van der Waals surface area contributed by atoms with Crippen molar-refractivity contribution in [2.75, 3.05) is 20.1 Å². The molecule has 1 saturated carbocycles. The molecule has 0 amide bonds. The van der Waals surface area contributed by atoms with Crippen molar-refractivity contribution < 1.29 is 0 Å². The molecule has 1 aliphatic rings. The van der Waals surface area contributed by atoms with Gasteiger partial charge in [0.05, 0.1) is 0 Å². The van der Waals surface area contributed by atoms with Crippen molar-refractivity contribution in [3.63, 3.8) is 0 Å². The minimum absolute atomic E-state index is 0.473. The summed E-state index contributed by atoms with van der Waals surface area (Å²) in [5.41, 5.74) is 6.38. The molecule has 17 heavy (non-hydrogen) atoms. The Labute approximate surface area is 108 Å². The zero-order valence-corrected chi connectivity index (χ0v) is 12.3. The number of nitrogens with two attached hydrogens (primary N) is 1. The highest BCUT2D eigenvalue weighted by molar-refractivity contribution is 4.82. The fraction of sp³-hybridized carbons (Fsp3) is 1.00. The molecule has 0 radical (unpaired) electrons. The monoisotopic (exact) mass is 240 g/mol. The first-order valence-corrected chi connectivity index (χ1v) is 7.34. The molecular weight excluding hydrogens is 208 g/mol. The smallest absolute Gasteiger partial charge is 0.0132 e. The van der Waals surface area contributed by atoms with Gasteiger partial charge in [0, 0.05) is 6.04 Å². The van der Waals surface area contributed by atoms with Crippen LogP contribution in [0.25, 0.3) is 0 Å². The van der Waals surface area contributed by atoms with Crippen LogP contribution in [0.2, 0.25) is 0 Å². The first-order valence-electron chi connectivity index (χ1n) is 7.34. The third-order valence-corrected chi connectivity index (χ3v) is 4.18. The van der Waals surface area contributed by atoms with Gasteiger partial charge in [-0.25, -0.2) is 0 Å². The van der Waals surface area contributed by atoms with Crippen LogP contribution >= 0.6 is 0 Å². The molecule has 1 rings (SSSR count). The molecule has 102 valence electrons. The second kappa shape index (κ2) is 6.75. The summed E-state index contributed by atoms with van der Waals surface area (Å²) in [6.45, 7) is 9.09. The van der Waals surface area contributed by atoms with Crippen molar-refractivity contribution in [3.8, 4) is 0 Å². The van der Waals surface area contributed by atoms with Gasteiger partial charge < -0.3 is 10.6 Å². The zero-order valence-electron chi connectivity index (χ0n) is 12.3. The van der Waals surface area contributed by atoms with Gasteiger partial charge in [-0.1, -0.05) is 33.6 Å². The Morgan fingerprint density at radius 1 is 1.18 bits per heavy atom. The van der Waals surface area contributed by atoms with Crippen LogP contribution in [0.3, 0.4) is 0 Å². The van der Waals surface area contributed by atoms with Crippen LogP contribution in [0.1, 0.15) is 59.3 Å². The lowest BCUT2D eigenvalue weighted by Gasteiger charge is -2.38. The fourth-order valence-corrected chi connectivity index (χ4v) is 3.07. The van der Waals surface area contributed by atoms with Crippen LogP contribution in [-0.2, 0) is 0 Å².